The van der Waals surface area contributed by atoms with Gasteiger partial charge in [-0.05, 0) is 26.0 Å². The number of nitrogens with zero attached hydrogens (tertiary/aromatic N) is 3. The Labute approximate surface area is 100 Å². The third-order valence-corrected chi connectivity index (χ3v) is 2.34. The summed E-state index contributed by atoms with van der Waals surface area (Å²) >= 11 is 0. The van der Waals surface area contributed by atoms with E-state index in [4.69, 9.17) is 5.73 Å². The minimum Gasteiger partial charge on any atom is -0.384 e. The summed E-state index contributed by atoms with van der Waals surface area (Å²) in [5, 5.41) is 3.21. The minimum absolute atomic E-state index is 0.524. The summed E-state index contributed by atoms with van der Waals surface area (Å²) in [4.78, 5) is 12.8. The Bertz CT molecular complexity index is 524. The van der Waals surface area contributed by atoms with Crippen molar-refractivity contribution in [2.45, 2.75) is 20.4 Å². The summed E-state index contributed by atoms with van der Waals surface area (Å²) in [6.45, 7) is 4.42. The van der Waals surface area contributed by atoms with Crippen LogP contribution in [-0.4, -0.2) is 15.0 Å². The van der Waals surface area contributed by atoms with Gasteiger partial charge in [-0.2, -0.15) is 0 Å². The van der Waals surface area contributed by atoms with E-state index in [1.54, 1.807) is 12.3 Å². The van der Waals surface area contributed by atoms with Gasteiger partial charge < -0.3 is 11.1 Å². The van der Waals surface area contributed by atoms with Gasteiger partial charge in [-0.1, -0.05) is 6.07 Å². The molecule has 0 aliphatic carbocycles. The van der Waals surface area contributed by atoms with E-state index in [0.717, 1.165) is 22.9 Å². The highest BCUT2D eigenvalue weighted by atomic mass is 15.0. The lowest BCUT2D eigenvalue weighted by molar-refractivity contribution is 0.991. The molecule has 5 heteroatoms. The second-order valence-electron chi connectivity index (χ2n) is 3.85. The first kappa shape index (κ1) is 11.3. The number of aryl methyl sites for hydroxylation is 2. The number of nitrogens with two attached hydrogens (primary N) is 1. The van der Waals surface area contributed by atoms with Gasteiger partial charge in [-0.3, -0.25) is 4.98 Å². The molecular weight excluding hydrogens is 214 g/mol. The standard InChI is InChI=1S/C12H15N5/c1-8-6-14-9(2)12(16-8)15-7-10-4-3-5-11(13)17-10/h3-6H,7H2,1-2H3,(H2,13,17)(H,15,16). The highest BCUT2D eigenvalue weighted by Gasteiger charge is 2.02. The Morgan fingerprint density at radius 1 is 1.24 bits per heavy atom. The van der Waals surface area contributed by atoms with Crippen LogP contribution < -0.4 is 11.1 Å². The molecule has 0 amide bonds. The second-order valence-corrected chi connectivity index (χ2v) is 3.85. The van der Waals surface area contributed by atoms with Crippen LogP contribution in [-0.2, 0) is 6.54 Å². The van der Waals surface area contributed by atoms with Gasteiger partial charge in [0, 0.05) is 6.20 Å². The van der Waals surface area contributed by atoms with Crippen LogP contribution >= 0.6 is 0 Å². The number of hydrogen-bond acceptors (Lipinski definition) is 5. The Morgan fingerprint density at radius 3 is 2.82 bits per heavy atom. The van der Waals surface area contributed by atoms with E-state index in [-0.39, 0.29) is 0 Å². The number of pyridine rings is 1. The maximum absolute atomic E-state index is 5.61. The van der Waals surface area contributed by atoms with Crippen LogP contribution in [0.1, 0.15) is 17.1 Å². The predicted octanol–water partition coefficient (Wildman–Crippen LogP) is 1.68. The highest BCUT2D eigenvalue weighted by Crippen LogP contribution is 2.10. The molecule has 0 unspecified atom stereocenters. The Morgan fingerprint density at radius 2 is 2.06 bits per heavy atom. The number of nitrogens with one attached hydrogen (secondary N) is 1. The fourth-order valence-corrected chi connectivity index (χ4v) is 1.48. The maximum Gasteiger partial charge on any atom is 0.148 e. The SMILES string of the molecule is Cc1cnc(C)c(NCc2cccc(N)n2)n1. The molecule has 0 saturated heterocycles. The Balaban J connectivity index is 2.09. The number of nitrogen functional groups attached to an aromatic ring is 1. The zero-order valence-corrected chi connectivity index (χ0v) is 9.94. The molecule has 2 aromatic rings. The van der Waals surface area contributed by atoms with Gasteiger partial charge >= 0.3 is 0 Å². The van der Waals surface area contributed by atoms with Crippen LogP contribution in [0.3, 0.4) is 0 Å². The van der Waals surface area contributed by atoms with E-state index in [1.807, 2.05) is 26.0 Å². The summed E-state index contributed by atoms with van der Waals surface area (Å²) in [6.07, 6.45) is 1.75. The van der Waals surface area contributed by atoms with Crippen molar-refractivity contribution < 1.29 is 0 Å². The molecule has 5 nitrogen and oxygen atoms in total. The van der Waals surface area contributed by atoms with E-state index in [2.05, 4.69) is 20.3 Å². The maximum atomic E-state index is 5.61. The molecule has 0 radical (unpaired) electrons. The fraction of sp³-hybridized carbons (Fsp3) is 0.250. The first-order chi connectivity index (χ1) is 8.15. The topological polar surface area (TPSA) is 76.7 Å². The molecule has 0 bridgehead atoms. The smallest absolute Gasteiger partial charge is 0.148 e. The lowest BCUT2D eigenvalue weighted by Crippen LogP contribution is -2.07. The molecule has 0 aliphatic heterocycles. The summed E-state index contributed by atoms with van der Waals surface area (Å²) < 4.78 is 0. The van der Waals surface area contributed by atoms with Gasteiger partial charge in [0.25, 0.3) is 0 Å². The van der Waals surface area contributed by atoms with Crippen LogP contribution in [0.5, 0.6) is 0 Å². The van der Waals surface area contributed by atoms with Crippen molar-refractivity contribution in [1.29, 1.82) is 0 Å². The van der Waals surface area contributed by atoms with Crippen molar-refractivity contribution in [2.24, 2.45) is 0 Å². The highest BCUT2D eigenvalue weighted by molar-refractivity contribution is 5.40. The van der Waals surface area contributed by atoms with Crippen LogP contribution in [0.4, 0.5) is 11.6 Å². The molecule has 2 heterocycles. The number of aromatic nitrogens is 3. The van der Waals surface area contributed by atoms with Crippen LogP contribution in [0.15, 0.2) is 24.4 Å². The first-order valence-electron chi connectivity index (χ1n) is 5.40. The average molecular weight is 229 g/mol. The number of hydrogen-bond donors (Lipinski definition) is 2. The average Bonchev–Trinajstić information content (AvgIpc) is 2.30. The molecule has 2 rings (SSSR count). The van der Waals surface area contributed by atoms with E-state index in [0.29, 0.717) is 12.4 Å². The zero-order chi connectivity index (χ0) is 12.3. The summed E-state index contributed by atoms with van der Waals surface area (Å²) in [5.74, 6) is 1.31. The first-order valence-corrected chi connectivity index (χ1v) is 5.40. The quantitative estimate of drug-likeness (QED) is 0.837. The van der Waals surface area contributed by atoms with Gasteiger partial charge in [0.15, 0.2) is 0 Å². The normalized spacial score (nSPS) is 10.2. The zero-order valence-electron chi connectivity index (χ0n) is 9.94. The molecule has 0 atom stereocenters. The summed E-state index contributed by atoms with van der Waals surface area (Å²) in [7, 11) is 0. The molecule has 88 valence electrons. The third kappa shape index (κ3) is 2.90. The number of anilines is 2. The fourth-order valence-electron chi connectivity index (χ4n) is 1.48. The minimum atomic E-state index is 0.524. The lowest BCUT2D eigenvalue weighted by Gasteiger charge is -2.08. The molecule has 0 saturated carbocycles. The van der Waals surface area contributed by atoms with E-state index in [1.165, 1.54) is 0 Å². The molecular formula is C12H15N5. The van der Waals surface area contributed by atoms with Crippen molar-refractivity contribution >= 4 is 11.6 Å². The van der Waals surface area contributed by atoms with Gasteiger partial charge in [0.05, 0.1) is 23.6 Å². The van der Waals surface area contributed by atoms with Crippen LogP contribution in [0.2, 0.25) is 0 Å². The molecule has 17 heavy (non-hydrogen) atoms. The van der Waals surface area contributed by atoms with E-state index >= 15 is 0 Å². The van der Waals surface area contributed by atoms with Crippen molar-refractivity contribution in [3.63, 3.8) is 0 Å². The van der Waals surface area contributed by atoms with E-state index in [9.17, 15) is 0 Å². The van der Waals surface area contributed by atoms with Crippen LogP contribution in [0.25, 0.3) is 0 Å². The summed E-state index contributed by atoms with van der Waals surface area (Å²) in [6, 6.07) is 5.57. The van der Waals surface area contributed by atoms with Gasteiger partial charge in [0.2, 0.25) is 0 Å². The van der Waals surface area contributed by atoms with Gasteiger partial charge in [0.1, 0.15) is 11.6 Å². The van der Waals surface area contributed by atoms with Crippen molar-refractivity contribution in [3.8, 4) is 0 Å². The van der Waals surface area contributed by atoms with E-state index < -0.39 is 0 Å². The molecule has 0 aliphatic rings. The molecule has 3 N–H and O–H groups in total. The molecule has 0 fully saturated rings. The van der Waals surface area contributed by atoms with Gasteiger partial charge in [-0.15, -0.1) is 0 Å². The summed E-state index contributed by atoms with van der Waals surface area (Å²) in [5.41, 5.74) is 8.26. The molecule has 0 spiro atoms. The molecule has 2 aromatic heterocycles. The van der Waals surface area contributed by atoms with Crippen molar-refractivity contribution in [1.82, 2.24) is 15.0 Å². The largest absolute Gasteiger partial charge is 0.384 e. The Hall–Kier alpha value is -2.17. The van der Waals surface area contributed by atoms with Gasteiger partial charge in [-0.25, -0.2) is 9.97 Å². The van der Waals surface area contributed by atoms with Crippen molar-refractivity contribution in [2.75, 3.05) is 11.1 Å². The van der Waals surface area contributed by atoms with Crippen LogP contribution in [0, 0.1) is 13.8 Å². The predicted molar refractivity (Wildman–Crippen MR) is 67.5 cm³/mol. The lowest BCUT2D eigenvalue weighted by atomic mass is 10.3. The monoisotopic (exact) mass is 229 g/mol. The third-order valence-electron chi connectivity index (χ3n) is 2.34. The second kappa shape index (κ2) is 4.78. The number of rotatable bonds is 3. The Kier molecular flexibility index (Phi) is 3.18. The molecule has 0 aromatic carbocycles. The van der Waals surface area contributed by atoms with Crippen molar-refractivity contribution in [3.05, 3.63) is 41.5 Å².